The van der Waals surface area contributed by atoms with Crippen LogP contribution in [0.2, 0.25) is 5.02 Å². The third-order valence-corrected chi connectivity index (χ3v) is 4.37. The molecule has 0 radical (unpaired) electrons. The fourth-order valence-corrected chi connectivity index (χ4v) is 2.66. The highest BCUT2D eigenvalue weighted by atomic mass is 35.5. The number of hydrogen-bond donors (Lipinski definition) is 1. The summed E-state index contributed by atoms with van der Waals surface area (Å²) in [5, 5.41) is 3.51. The Labute approximate surface area is 140 Å². The van der Waals surface area contributed by atoms with Gasteiger partial charge in [-0.3, -0.25) is 4.79 Å². The highest BCUT2D eigenvalue weighted by Gasteiger charge is 2.03. The highest BCUT2D eigenvalue weighted by molar-refractivity contribution is 8.00. The lowest BCUT2D eigenvalue weighted by Crippen LogP contribution is -2.29. The van der Waals surface area contributed by atoms with Gasteiger partial charge >= 0.3 is 0 Å². The van der Waals surface area contributed by atoms with Gasteiger partial charge in [-0.1, -0.05) is 35.9 Å². The molecule has 2 rings (SSSR count). The van der Waals surface area contributed by atoms with Crippen LogP contribution in [0, 0.1) is 6.92 Å². The second-order valence-electron chi connectivity index (χ2n) is 4.71. The Bertz CT molecular complexity index is 619. The zero-order chi connectivity index (χ0) is 15.8. The lowest BCUT2D eigenvalue weighted by Gasteiger charge is -2.09. The minimum atomic E-state index is -0.000563. The maximum absolute atomic E-state index is 11.7. The first-order chi connectivity index (χ1) is 10.6. The van der Waals surface area contributed by atoms with Crippen molar-refractivity contribution in [2.24, 2.45) is 0 Å². The fourth-order valence-electron chi connectivity index (χ4n) is 1.74. The number of carbonyl (C=O) groups excluding carboxylic acids is 1. The average molecular weight is 336 g/mol. The molecule has 5 heteroatoms. The van der Waals surface area contributed by atoms with Crippen LogP contribution in [-0.2, 0) is 4.79 Å². The van der Waals surface area contributed by atoms with Crippen molar-refractivity contribution in [2.75, 3.05) is 18.9 Å². The predicted molar refractivity (Wildman–Crippen MR) is 91.9 cm³/mol. The van der Waals surface area contributed by atoms with Gasteiger partial charge in [0, 0.05) is 9.92 Å². The van der Waals surface area contributed by atoms with Crippen molar-refractivity contribution in [1.29, 1.82) is 0 Å². The number of ether oxygens (including phenoxy) is 1. The van der Waals surface area contributed by atoms with Crippen LogP contribution in [0.15, 0.2) is 53.4 Å². The molecular formula is C17H18ClNO2S. The molecular weight excluding hydrogens is 318 g/mol. The van der Waals surface area contributed by atoms with Crippen molar-refractivity contribution in [1.82, 2.24) is 5.32 Å². The molecule has 0 unspecified atom stereocenters. The van der Waals surface area contributed by atoms with E-state index in [1.54, 1.807) is 6.07 Å². The van der Waals surface area contributed by atoms with E-state index in [2.05, 4.69) is 5.32 Å². The summed E-state index contributed by atoms with van der Waals surface area (Å²) >= 11 is 7.54. The van der Waals surface area contributed by atoms with E-state index >= 15 is 0 Å². The molecule has 2 aromatic rings. The Morgan fingerprint density at radius 3 is 2.73 bits per heavy atom. The van der Waals surface area contributed by atoms with Crippen LogP contribution in [0.1, 0.15) is 5.56 Å². The fraction of sp³-hybridized carbons (Fsp3) is 0.235. The number of amides is 1. The Morgan fingerprint density at radius 2 is 2.00 bits per heavy atom. The Hall–Kier alpha value is -1.65. The molecule has 0 saturated carbocycles. The summed E-state index contributed by atoms with van der Waals surface area (Å²) in [5.41, 5.74) is 1.01. The molecule has 116 valence electrons. The van der Waals surface area contributed by atoms with Gasteiger partial charge in [-0.15, -0.1) is 11.8 Å². The molecule has 0 heterocycles. The first-order valence-electron chi connectivity index (χ1n) is 6.98. The monoisotopic (exact) mass is 335 g/mol. The highest BCUT2D eigenvalue weighted by Crippen LogP contribution is 2.21. The second-order valence-corrected chi connectivity index (χ2v) is 6.17. The van der Waals surface area contributed by atoms with E-state index in [1.165, 1.54) is 11.8 Å². The minimum Gasteiger partial charge on any atom is -0.492 e. The largest absolute Gasteiger partial charge is 0.492 e. The topological polar surface area (TPSA) is 38.3 Å². The molecule has 0 bridgehead atoms. The number of nitrogens with one attached hydrogen (secondary N) is 1. The molecule has 22 heavy (non-hydrogen) atoms. The summed E-state index contributed by atoms with van der Waals surface area (Å²) in [5.74, 6) is 1.11. The lowest BCUT2D eigenvalue weighted by molar-refractivity contribution is -0.118. The first kappa shape index (κ1) is 16.7. The minimum absolute atomic E-state index is 0.000563. The Kier molecular flexibility index (Phi) is 6.62. The van der Waals surface area contributed by atoms with Crippen molar-refractivity contribution in [3.8, 4) is 5.75 Å². The van der Waals surface area contributed by atoms with Crippen LogP contribution in [0.25, 0.3) is 0 Å². The number of carbonyl (C=O) groups is 1. The number of halogens is 1. The molecule has 0 aromatic heterocycles. The summed E-state index contributed by atoms with van der Waals surface area (Å²) in [6.07, 6.45) is 0. The van der Waals surface area contributed by atoms with Gasteiger partial charge in [0.1, 0.15) is 12.4 Å². The van der Waals surface area contributed by atoms with Gasteiger partial charge in [0.15, 0.2) is 0 Å². The van der Waals surface area contributed by atoms with Crippen LogP contribution in [0.5, 0.6) is 5.75 Å². The standard InChI is InChI=1S/C17H18ClNO2S/c1-13-7-8-14(11-16(13)18)21-10-9-19-17(20)12-22-15-5-3-2-4-6-15/h2-8,11H,9-10,12H2,1H3,(H,19,20). The normalized spacial score (nSPS) is 10.3. The van der Waals surface area contributed by atoms with E-state index in [1.807, 2.05) is 49.4 Å². The maximum atomic E-state index is 11.7. The van der Waals surface area contributed by atoms with Crippen molar-refractivity contribution >= 4 is 29.3 Å². The van der Waals surface area contributed by atoms with E-state index in [0.717, 1.165) is 10.5 Å². The summed E-state index contributed by atoms with van der Waals surface area (Å²) in [7, 11) is 0. The molecule has 1 N–H and O–H groups in total. The number of thioether (sulfide) groups is 1. The molecule has 0 aliphatic carbocycles. The molecule has 0 saturated heterocycles. The van der Waals surface area contributed by atoms with E-state index in [9.17, 15) is 4.79 Å². The Morgan fingerprint density at radius 1 is 1.23 bits per heavy atom. The summed E-state index contributed by atoms with van der Waals surface area (Å²) < 4.78 is 5.55. The molecule has 0 fully saturated rings. The summed E-state index contributed by atoms with van der Waals surface area (Å²) in [6, 6.07) is 15.4. The smallest absolute Gasteiger partial charge is 0.230 e. The summed E-state index contributed by atoms with van der Waals surface area (Å²) in [6.45, 7) is 2.83. The van der Waals surface area contributed by atoms with Crippen LogP contribution in [-0.4, -0.2) is 24.8 Å². The van der Waals surface area contributed by atoms with Crippen molar-refractivity contribution in [3.05, 3.63) is 59.1 Å². The zero-order valence-corrected chi connectivity index (χ0v) is 13.9. The lowest BCUT2D eigenvalue weighted by atomic mass is 10.2. The zero-order valence-electron chi connectivity index (χ0n) is 12.3. The van der Waals surface area contributed by atoms with Crippen molar-refractivity contribution < 1.29 is 9.53 Å². The second kappa shape index (κ2) is 8.71. The average Bonchev–Trinajstić information content (AvgIpc) is 2.54. The molecule has 1 amide bonds. The van der Waals surface area contributed by atoms with Gasteiger partial charge in [-0.2, -0.15) is 0 Å². The number of benzene rings is 2. The van der Waals surface area contributed by atoms with Crippen LogP contribution < -0.4 is 10.1 Å². The van der Waals surface area contributed by atoms with E-state index in [0.29, 0.717) is 29.7 Å². The van der Waals surface area contributed by atoms with Crippen LogP contribution in [0.3, 0.4) is 0 Å². The molecule has 0 atom stereocenters. The molecule has 2 aromatic carbocycles. The quantitative estimate of drug-likeness (QED) is 0.615. The maximum Gasteiger partial charge on any atom is 0.230 e. The number of aryl methyl sites for hydroxylation is 1. The van der Waals surface area contributed by atoms with Gasteiger partial charge in [-0.05, 0) is 36.8 Å². The van der Waals surface area contributed by atoms with Gasteiger partial charge in [0.25, 0.3) is 0 Å². The van der Waals surface area contributed by atoms with E-state index in [4.69, 9.17) is 16.3 Å². The van der Waals surface area contributed by atoms with Gasteiger partial charge < -0.3 is 10.1 Å². The third-order valence-electron chi connectivity index (χ3n) is 2.95. The van der Waals surface area contributed by atoms with Crippen LogP contribution >= 0.6 is 23.4 Å². The molecule has 0 aliphatic heterocycles. The van der Waals surface area contributed by atoms with E-state index in [-0.39, 0.29) is 5.91 Å². The molecule has 0 spiro atoms. The van der Waals surface area contributed by atoms with Gasteiger partial charge in [-0.25, -0.2) is 0 Å². The summed E-state index contributed by atoms with van der Waals surface area (Å²) in [4.78, 5) is 12.8. The van der Waals surface area contributed by atoms with Gasteiger partial charge in [0.2, 0.25) is 5.91 Å². The third kappa shape index (κ3) is 5.62. The van der Waals surface area contributed by atoms with Crippen molar-refractivity contribution in [3.63, 3.8) is 0 Å². The molecule has 0 aliphatic rings. The molecule has 3 nitrogen and oxygen atoms in total. The number of rotatable bonds is 7. The number of hydrogen-bond acceptors (Lipinski definition) is 3. The first-order valence-corrected chi connectivity index (χ1v) is 8.35. The van der Waals surface area contributed by atoms with Gasteiger partial charge in [0.05, 0.1) is 12.3 Å². The Balaban J connectivity index is 1.63. The van der Waals surface area contributed by atoms with Crippen molar-refractivity contribution in [2.45, 2.75) is 11.8 Å². The van der Waals surface area contributed by atoms with Crippen LogP contribution in [0.4, 0.5) is 0 Å². The predicted octanol–water partition coefficient (Wildman–Crippen LogP) is 3.94. The SMILES string of the molecule is Cc1ccc(OCCNC(=O)CSc2ccccc2)cc1Cl. The van der Waals surface area contributed by atoms with E-state index < -0.39 is 0 Å².